The molecule has 3 aromatic rings. The van der Waals surface area contributed by atoms with E-state index in [1.807, 2.05) is 54.8 Å². The Morgan fingerprint density at radius 1 is 1.29 bits per heavy atom. The zero-order valence-electron chi connectivity index (χ0n) is 16.2. The lowest BCUT2D eigenvalue weighted by Crippen LogP contribution is -2.40. The Bertz CT molecular complexity index is 1010. The molecule has 1 saturated heterocycles. The Labute approximate surface area is 164 Å². The summed E-state index contributed by atoms with van der Waals surface area (Å²) in [6, 6.07) is 9.48. The zero-order valence-corrected chi connectivity index (χ0v) is 16.2. The average Bonchev–Trinajstić information content (AvgIpc) is 2.96. The molecular weight excluding hydrogens is 354 g/mol. The first-order valence-electron chi connectivity index (χ1n) is 9.65. The topological polar surface area (TPSA) is 78.1 Å². The normalized spacial score (nSPS) is 17.5. The first-order valence-corrected chi connectivity index (χ1v) is 9.65. The summed E-state index contributed by atoms with van der Waals surface area (Å²) in [5.41, 5.74) is 4.92. The fraction of sp³-hybridized carbons (Fsp3) is 0.364. The lowest BCUT2D eigenvalue weighted by atomic mass is 9.89. The molecule has 0 saturated carbocycles. The molecule has 28 heavy (non-hydrogen) atoms. The second-order valence-corrected chi connectivity index (χ2v) is 7.50. The van der Waals surface area contributed by atoms with Gasteiger partial charge in [-0.3, -0.25) is 4.79 Å². The van der Waals surface area contributed by atoms with Crippen molar-refractivity contribution in [2.75, 3.05) is 6.54 Å². The molecule has 2 atom stereocenters. The fourth-order valence-corrected chi connectivity index (χ4v) is 3.98. The number of carbonyl (C=O) groups is 1. The third kappa shape index (κ3) is 3.03. The van der Waals surface area contributed by atoms with E-state index in [9.17, 15) is 15.0 Å². The Hall–Kier alpha value is -2.86. The van der Waals surface area contributed by atoms with Crippen molar-refractivity contribution in [3.8, 4) is 5.75 Å². The van der Waals surface area contributed by atoms with Crippen LogP contribution in [0.5, 0.6) is 5.75 Å². The van der Waals surface area contributed by atoms with Crippen LogP contribution in [0.25, 0.3) is 5.65 Å². The van der Waals surface area contributed by atoms with Crippen molar-refractivity contribution < 1.29 is 15.0 Å². The summed E-state index contributed by atoms with van der Waals surface area (Å²) in [5, 5.41) is 21.6. The van der Waals surface area contributed by atoms with Gasteiger partial charge in [-0.2, -0.15) is 0 Å². The molecule has 1 amide bonds. The zero-order chi connectivity index (χ0) is 19.8. The average molecular weight is 379 g/mol. The maximum Gasteiger partial charge on any atom is 0.210 e. The van der Waals surface area contributed by atoms with E-state index >= 15 is 0 Å². The van der Waals surface area contributed by atoms with Crippen LogP contribution in [-0.2, 0) is 11.2 Å². The number of hydrogen-bond acceptors (Lipinski definition) is 4. The highest BCUT2D eigenvalue weighted by Gasteiger charge is 2.32. The molecule has 2 N–H and O–H groups in total. The van der Waals surface area contributed by atoms with Gasteiger partial charge in [0.15, 0.2) is 11.4 Å². The molecule has 0 spiro atoms. The summed E-state index contributed by atoms with van der Waals surface area (Å²) in [7, 11) is 0. The van der Waals surface area contributed by atoms with Crippen LogP contribution in [-0.4, -0.2) is 37.5 Å². The number of imidazole rings is 1. The van der Waals surface area contributed by atoms with Crippen LogP contribution >= 0.6 is 0 Å². The minimum Gasteiger partial charge on any atom is -0.504 e. The molecule has 3 heterocycles. The van der Waals surface area contributed by atoms with Gasteiger partial charge < -0.3 is 19.5 Å². The Morgan fingerprint density at radius 2 is 2.04 bits per heavy atom. The molecule has 2 aromatic heterocycles. The van der Waals surface area contributed by atoms with Gasteiger partial charge in [0, 0.05) is 24.0 Å². The smallest absolute Gasteiger partial charge is 0.210 e. The second kappa shape index (κ2) is 7.28. The molecule has 0 aliphatic carbocycles. The number of hydrogen-bond donors (Lipinski definition) is 2. The van der Waals surface area contributed by atoms with Crippen LogP contribution < -0.4 is 0 Å². The van der Waals surface area contributed by atoms with Gasteiger partial charge in [0.1, 0.15) is 0 Å². The van der Waals surface area contributed by atoms with E-state index < -0.39 is 6.10 Å². The summed E-state index contributed by atoms with van der Waals surface area (Å²) >= 11 is 0. The summed E-state index contributed by atoms with van der Waals surface area (Å²) in [4.78, 5) is 17.6. The van der Waals surface area contributed by atoms with Gasteiger partial charge >= 0.3 is 0 Å². The number of pyridine rings is 1. The third-order valence-electron chi connectivity index (χ3n) is 5.91. The van der Waals surface area contributed by atoms with Crippen molar-refractivity contribution in [2.45, 2.75) is 45.3 Å². The number of nitrogens with zero attached hydrogens (tertiary/aromatic N) is 3. The van der Waals surface area contributed by atoms with E-state index in [1.165, 1.54) is 0 Å². The maximum atomic E-state index is 11.4. The second-order valence-electron chi connectivity index (χ2n) is 7.50. The Morgan fingerprint density at radius 3 is 2.68 bits per heavy atom. The van der Waals surface area contributed by atoms with E-state index in [2.05, 4.69) is 4.98 Å². The van der Waals surface area contributed by atoms with E-state index in [1.54, 1.807) is 4.90 Å². The standard InChI is InChI=1S/C22H25N3O3/c1-14-15(2)25-12-18(19-10-11-24(19)13-26)17(21(28)22(25)23-14)8-9-20(27)16-6-4-3-5-7-16/h3-7,12-13,19-20,27-28H,8-11H2,1-2H3/t19?,20-/m1/s1. The molecule has 1 unspecified atom stereocenters. The number of fused-ring (bicyclic) bond motifs is 1. The highest BCUT2D eigenvalue weighted by molar-refractivity contribution is 5.63. The Balaban J connectivity index is 1.72. The van der Waals surface area contributed by atoms with Crippen LogP contribution in [0.1, 0.15) is 53.1 Å². The largest absolute Gasteiger partial charge is 0.504 e. The molecule has 1 aliphatic rings. The first-order chi connectivity index (χ1) is 13.5. The molecule has 4 rings (SSSR count). The molecule has 1 fully saturated rings. The minimum absolute atomic E-state index is 0.0428. The van der Waals surface area contributed by atoms with E-state index in [4.69, 9.17) is 0 Å². The van der Waals surface area contributed by atoms with Crippen molar-refractivity contribution in [1.82, 2.24) is 14.3 Å². The van der Waals surface area contributed by atoms with E-state index in [-0.39, 0.29) is 11.8 Å². The van der Waals surface area contributed by atoms with Crippen LogP contribution in [0.2, 0.25) is 0 Å². The van der Waals surface area contributed by atoms with Crippen molar-refractivity contribution in [2.24, 2.45) is 0 Å². The number of likely N-dealkylation sites (tertiary alicyclic amines) is 1. The summed E-state index contributed by atoms with van der Waals surface area (Å²) in [6.07, 6.45) is 4.09. The molecule has 1 aromatic carbocycles. The van der Waals surface area contributed by atoms with Crippen molar-refractivity contribution in [1.29, 1.82) is 0 Å². The van der Waals surface area contributed by atoms with Crippen LogP contribution in [0.3, 0.4) is 0 Å². The SMILES string of the molecule is Cc1nc2c(O)c(CC[C@@H](O)c3ccccc3)c(C3CCN3C=O)cn2c1C. The monoisotopic (exact) mass is 379 g/mol. The lowest BCUT2D eigenvalue weighted by molar-refractivity contribution is -0.125. The number of amides is 1. The molecule has 146 valence electrons. The number of aryl methyl sites for hydroxylation is 2. The summed E-state index contributed by atoms with van der Waals surface area (Å²) in [6.45, 7) is 4.61. The fourth-order valence-electron chi connectivity index (χ4n) is 3.98. The van der Waals surface area contributed by atoms with Crippen molar-refractivity contribution in [3.63, 3.8) is 0 Å². The highest BCUT2D eigenvalue weighted by atomic mass is 16.3. The number of carbonyl (C=O) groups excluding carboxylic acids is 1. The van der Waals surface area contributed by atoms with E-state index in [0.717, 1.165) is 47.5 Å². The predicted molar refractivity (Wildman–Crippen MR) is 106 cm³/mol. The van der Waals surface area contributed by atoms with Gasteiger partial charge in [-0.15, -0.1) is 0 Å². The molecule has 1 aliphatic heterocycles. The van der Waals surface area contributed by atoms with Crippen LogP contribution in [0, 0.1) is 13.8 Å². The Kier molecular flexibility index (Phi) is 4.81. The number of aromatic hydroxyl groups is 1. The lowest BCUT2D eigenvalue weighted by Gasteiger charge is -2.39. The molecule has 6 heteroatoms. The number of aliphatic hydroxyl groups excluding tert-OH is 1. The van der Waals surface area contributed by atoms with Crippen molar-refractivity contribution >= 4 is 12.1 Å². The van der Waals surface area contributed by atoms with Gasteiger partial charge in [0.2, 0.25) is 6.41 Å². The van der Waals surface area contributed by atoms with Crippen molar-refractivity contribution in [3.05, 3.63) is 64.6 Å². The summed E-state index contributed by atoms with van der Waals surface area (Å²) < 4.78 is 1.90. The number of benzene rings is 1. The molecule has 6 nitrogen and oxygen atoms in total. The number of rotatable bonds is 6. The maximum absolute atomic E-state index is 11.4. The van der Waals surface area contributed by atoms with Gasteiger partial charge in [0.25, 0.3) is 0 Å². The summed E-state index contributed by atoms with van der Waals surface area (Å²) in [5.74, 6) is 0.145. The highest BCUT2D eigenvalue weighted by Crippen LogP contribution is 2.40. The number of aromatic nitrogens is 2. The first kappa shape index (κ1) is 18.5. The minimum atomic E-state index is -0.614. The predicted octanol–water partition coefficient (Wildman–Crippen LogP) is 3.23. The number of aliphatic hydroxyl groups is 1. The quantitative estimate of drug-likeness (QED) is 0.645. The third-order valence-corrected chi connectivity index (χ3v) is 5.91. The van der Waals surface area contributed by atoms with Gasteiger partial charge in [-0.25, -0.2) is 4.98 Å². The van der Waals surface area contributed by atoms with Gasteiger partial charge in [0.05, 0.1) is 17.8 Å². The van der Waals surface area contributed by atoms with Gasteiger partial charge in [-0.1, -0.05) is 30.3 Å². The van der Waals surface area contributed by atoms with Crippen LogP contribution in [0.15, 0.2) is 36.5 Å². The van der Waals surface area contributed by atoms with Crippen LogP contribution in [0.4, 0.5) is 0 Å². The van der Waals surface area contributed by atoms with E-state index in [0.29, 0.717) is 18.5 Å². The van der Waals surface area contributed by atoms with Gasteiger partial charge in [-0.05, 0) is 44.2 Å². The molecule has 0 radical (unpaired) electrons. The molecular formula is C22H25N3O3. The molecule has 0 bridgehead atoms.